The van der Waals surface area contributed by atoms with Crippen molar-refractivity contribution in [2.24, 2.45) is 0 Å². The zero-order valence-electron chi connectivity index (χ0n) is 18.2. The van der Waals surface area contributed by atoms with Crippen LogP contribution in [0.1, 0.15) is 22.5 Å². The zero-order chi connectivity index (χ0) is 23.2. The number of aliphatic hydroxyl groups is 1. The van der Waals surface area contributed by atoms with E-state index in [4.69, 9.17) is 10.5 Å². The van der Waals surface area contributed by atoms with E-state index >= 15 is 0 Å². The minimum atomic E-state index is -1.06. The molecule has 4 aromatic rings. The van der Waals surface area contributed by atoms with Gasteiger partial charge < -0.3 is 15.6 Å². The fourth-order valence-electron chi connectivity index (χ4n) is 3.67. The first-order valence-corrected chi connectivity index (χ1v) is 10.4. The molecule has 0 bridgehead atoms. The van der Waals surface area contributed by atoms with E-state index in [0.29, 0.717) is 17.2 Å². The van der Waals surface area contributed by atoms with E-state index in [1.807, 2.05) is 44.2 Å². The van der Waals surface area contributed by atoms with Gasteiger partial charge in [0.15, 0.2) is 23.1 Å². The van der Waals surface area contributed by atoms with Crippen LogP contribution in [-0.4, -0.2) is 48.3 Å². The second-order valence-electron chi connectivity index (χ2n) is 8.18. The number of pyridine rings is 1. The van der Waals surface area contributed by atoms with Crippen LogP contribution in [0.4, 0.5) is 10.2 Å². The van der Waals surface area contributed by atoms with Crippen molar-refractivity contribution in [3.05, 3.63) is 70.9 Å². The first kappa shape index (κ1) is 21.1. The molecular formula is C23H22FN7O2. The third-order valence-electron chi connectivity index (χ3n) is 5.79. The molecule has 1 aromatic carbocycles. The number of aromatic nitrogens is 6. The second kappa shape index (κ2) is 7.98. The molecule has 9 nitrogen and oxygen atoms in total. The number of aryl methyl sites for hydroxylation is 1. The third-order valence-corrected chi connectivity index (χ3v) is 5.79. The highest BCUT2D eigenvalue weighted by Gasteiger charge is 2.39. The molecule has 1 fully saturated rings. The Kier molecular flexibility index (Phi) is 5.10. The molecule has 0 saturated carbocycles. The second-order valence-corrected chi connectivity index (χ2v) is 8.18. The Morgan fingerprint density at radius 2 is 1.91 bits per heavy atom. The number of nitrogens with zero attached hydrogens (tertiary/aromatic N) is 6. The smallest absolute Gasteiger partial charge is 0.193 e. The van der Waals surface area contributed by atoms with Gasteiger partial charge in [-0.15, -0.1) is 5.10 Å². The molecule has 33 heavy (non-hydrogen) atoms. The van der Waals surface area contributed by atoms with E-state index in [1.54, 1.807) is 12.3 Å². The Morgan fingerprint density at radius 1 is 1.12 bits per heavy atom. The molecule has 0 aliphatic carbocycles. The summed E-state index contributed by atoms with van der Waals surface area (Å²) in [4.78, 5) is 13.1. The fraction of sp³-hybridized carbons (Fsp3) is 0.261. The Labute approximate surface area is 189 Å². The van der Waals surface area contributed by atoms with Gasteiger partial charge in [-0.25, -0.2) is 19.0 Å². The van der Waals surface area contributed by atoms with Crippen molar-refractivity contribution in [1.82, 2.24) is 29.9 Å². The maximum atomic E-state index is 14.8. The van der Waals surface area contributed by atoms with Crippen LogP contribution >= 0.6 is 0 Å². The van der Waals surface area contributed by atoms with E-state index < -0.39 is 11.4 Å². The molecule has 3 aromatic heterocycles. The molecule has 0 radical (unpaired) electrons. The van der Waals surface area contributed by atoms with Gasteiger partial charge in [-0.05, 0) is 37.1 Å². The van der Waals surface area contributed by atoms with Gasteiger partial charge in [0.2, 0.25) is 0 Å². The predicted octanol–water partition coefficient (Wildman–Crippen LogP) is 2.40. The quantitative estimate of drug-likeness (QED) is 0.478. The molecule has 1 aliphatic heterocycles. The van der Waals surface area contributed by atoms with Crippen molar-refractivity contribution in [3.8, 4) is 22.8 Å². The molecule has 1 saturated heterocycles. The molecule has 10 heteroatoms. The fourth-order valence-corrected chi connectivity index (χ4v) is 3.67. The van der Waals surface area contributed by atoms with Crippen LogP contribution in [0.25, 0.3) is 22.8 Å². The predicted molar refractivity (Wildman–Crippen MR) is 118 cm³/mol. The van der Waals surface area contributed by atoms with Gasteiger partial charge in [0.05, 0.1) is 37.3 Å². The highest BCUT2D eigenvalue weighted by Crippen LogP contribution is 2.29. The highest BCUT2D eigenvalue weighted by atomic mass is 19.1. The summed E-state index contributed by atoms with van der Waals surface area (Å²) < 4.78 is 21.5. The van der Waals surface area contributed by atoms with Crippen molar-refractivity contribution >= 4 is 5.82 Å². The SMILES string of the molecule is Cc1cccc(-c2nc(N)c(F)c(-c3cn(Cc4cccc(C5(O)COC5)n4)nn3)n2)c1C. The first-order chi connectivity index (χ1) is 15.8. The van der Waals surface area contributed by atoms with Gasteiger partial charge in [-0.2, -0.15) is 0 Å². The van der Waals surface area contributed by atoms with E-state index in [2.05, 4.69) is 25.3 Å². The normalized spacial score (nSPS) is 14.8. The molecule has 0 atom stereocenters. The summed E-state index contributed by atoms with van der Waals surface area (Å²) in [7, 11) is 0. The zero-order valence-corrected chi connectivity index (χ0v) is 18.2. The number of hydrogen-bond donors (Lipinski definition) is 2. The summed E-state index contributed by atoms with van der Waals surface area (Å²) in [6.45, 7) is 4.65. The molecule has 5 rings (SSSR count). The van der Waals surface area contributed by atoms with E-state index in [9.17, 15) is 9.50 Å². The van der Waals surface area contributed by atoms with E-state index in [1.165, 1.54) is 4.68 Å². The van der Waals surface area contributed by atoms with Gasteiger partial charge in [-0.3, -0.25) is 4.98 Å². The lowest BCUT2D eigenvalue weighted by molar-refractivity contribution is -0.186. The van der Waals surface area contributed by atoms with Gasteiger partial charge in [0.25, 0.3) is 0 Å². The number of ether oxygens (including phenoxy) is 1. The van der Waals surface area contributed by atoms with Crippen molar-refractivity contribution in [2.45, 2.75) is 26.0 Å². The summed E-state index contributed by atoms with van der Waals surface area (Å²) in [5, 5.41) is 18.6. The van der Waals surface area contributed by atoms with Gasteiger partial charge in [0, 0.05) is 5.56 Å². The molecule has 0 unspecified atom stereocenters. The molecule has 168 valence electrons. The first-order valence-electron chi connectivity index (χ1n) is 10.4. The molecule has 4 heterocycles. The molecule has 0 amide bonds. The Balaban J connectivity index is 1.46. The summed E-state index contributed by atoms with van der Waals surface area (Å²) in [6.07, 6.45) is 1.58. The van der Waals surface area contributed by atoms with Crippen molar-refractivity contribution in [1.29, 1.82) is 0 Å². The van der Waals surface area contributed by atoms with Crippen LogP contribution in [0.3, 0.4) is 0 Å². The summed E-state index contributed by atoms with van der Waals surface area (Å²) in [6, 6.07) is 11.1. The average molecular weight is 447 g/mol. The van der Waals surface area contributed by atoms with Crippen LogP contribution in [0, 0.1) is 19.7 Å². The van der Waals surface area contributed by atoms with E-state index in [0.717, 1.165) is 16.7 Å². The van der Waals surface area contributed by atoms with Crippen LogP contribution in [0.2, 0.25) is 0 Å². The lowest BCUT2D eigenvalue weighted by atomic mass is 9.97. The molecule has 1 aliphatic rings. The Morgan fingerprint density at radius 3 is 2.67 bits per heavy atom. The number of nitrogens with two attached hydrogens (primary N) is 1. The van der Waals surface area contributed by atoms with Gasteiger partial charge in [0.1, 0.15) is 11.4 Å². The monoisotopic (exact) mass is 447 g/mol. The highest BCUT2D eigenvalue weighted by molar-refractivity contribution is 5.67. The average Bonchev–Trinajstić information content (AvgIpc) is 3.24. The molecular weight excluding hydrogens is 425 g/mol. The van der Waals surface area contributed by atoms with Gasteiger partial charge in [-0.1, -0.05) is 29.5 Å². The number of hydrogen-bond acceptors (Lipinski definition) is 8. The van der Waals surface area contributed by atoms with Crippen molar-refractivity contribution < 1.29 is 14.2 Å². The van der Waals surface area contributed by atoms with Crippen LogP contribution in [0.5, 0.6) is 0 Å². The molecule has 0 spiro atoms. The Bertz CT molecular complexity index is 1350. The maximum Gasteiger partial charge on any atom is 0.193 e. The summed E-state index contributed by atoms with van der Waals surface area (Å²) in [5.41, 5.74) is 9.06. The molecule has 3 N–H and O–H groups in total. The number of rotatable bonds is 5. The summed E-state index contributed by atoms with van der Waals surface area (Å²) >= 11 is 0. The van der Waals surface area contributed by atoms with Gasteiger partial charge >= 0.3 is 0 Å². The minimum absolute atomic E-state index is 0.0210. The van der Waals surface area contributed by atoms with Crippen molar-refractivity contribution in [3.63, 3.8) is 0 Å². The minimum Gasteiger partial charge on any atom is -0.381 e. The van der Waals surface area contributed by atoms with Crippen LogP contribution in [0.15, 0.2) is 42.6 Å². The number of anilines is 1. The summed E-state index contributed by atoms with van der Waals surface area (Å²) in [5.74, 6) is -0.677. The topological polar surface area (TPSA) is 125 Å². The number of benzene rings is 1. The van der Waals surface area contributed by atoms with Crippen molar-refractivity contribution in [2.75, 3.05) is 18.9 Å². The lowest BCUT2D eigenvalue weighted by Crippen LogP contribution is -2.47. The maximum absolute atomic E-state index is 14.8. The lowest BCUT2D eigenvalue weighted by Gasteiger charge is -2.35. The number of halogens is 1. The Hall–Kier alpha value is -3.76. The number of nitrogen functional groups attached to an aromatic ring is 1. The largest absolute Gasteiger partial charge is 0.381 e. The third kappa shape index (κ3) is 3.83. The standard InChI is InChI=1S/C23H22FN7O2/c1-13-5-3-7-16(14(13)2)22-27-20(19(24)21(25)28-22)17-10-31(30-29-17)9-15-6-4-8-18(26-15)23(32)11-33-12-23/h3-8,10,32H,9,11-12H2,1-2H3,(H2,25,27,28). The van der Waals surface area contributed by atoms with Crippen LogP contribution < -0.4 is 5.73 Å². The van der Waals surface area contributed by atoms with Crippen LogP contribution in [-0.2, 0) is 16.9 Å². The van der Waals surface area contributed by atoms with E-state index in [-0.39, 0.29) is 37.0 Å².